The molecule has 0 unspecified atom stereocenters. The van der Waals surface area contributed by atoms with Crippen LogP contribution in [0.4, 0.5) is 4.79 Å². The van der Waals surface area contributed by atoms with Gasteiger partial charge in [-0.25, -0.2) is 9.69 Å². The summed E-state index contributed by atoms with van der Waals surface area (Å²) >= 11 is 0. The lowest BCUT2D eigenvalue weighted by atomic mass is 9.95. The number of likely N-dealkylation sites (tertiary alicyclic amines) is 1. The van der Waals surface area contributed by atoms with Crippen molar-refractivity contribution >= 4 is 12.0 Å². The first-order valence-electron chi connectivity index (χ1n) is 9.44. The van der Waals surface area contributed by atoms with Gasteiger partial charge in [0.05, 0.1) is 5.92 Å². The van der Waals surface area contributed by atoms with Crippen molar-refractivity contribution in [3.05, 3.63) is 71.8 Å². The van der Waals surface area contributed by atoms with Gasteiger partial charge in [0.25, 0.3) is 0 Å². The Morgan fingerprint density at radius 1 is 1.04 bits per heavy atom. The Bertz CT molecular complexity index is 809. The molecule has 0 bridgehead atoms. The van der Waals surface area contributed by atoms with E-state index in [1.165, 1.54) is 10.5 Å². The highest BCUT2D eigenvalue weighted by atomic mass is 16.6. The third kappa shape index (κ3) is 3.60. The van der Waals surface area contributed by atoms with Gasteiger partial charge in [0.2, 0.25) is 5.91 Å². The molecule has 2 amide bonds. The van der Waals surface area contributed by atoms with Crippen molar-refractivity contribution in [2.45, 2.75) is 19.5 Å². The molecule has 27 heavy (non-hydrogen) atoms. The monoisotopic (exact) mass is 364 g/mol. The van der Waals surface area contributed by atoms with Crippen LogP contribution in [0, 0.1) is 11.8 Å². The predicted octanol–water partition coefficient (Wildman–Crippen LogP) is 3.47. The zero-order chi connectivity index (χ0) is 18.8. The van der Waals surface area contributed by atoms with Crippen LogP contribution < -0.4 is 0 Å². The second-order valence-electron chi connectivity index (χ2n) is 7.48. The van der Waals surface area contributed by atoms with E-state index < -0.39 is 6.09 Å². The Morgan fingerprint density at radius 3 is 2.41 bits per heavy atom. The Balaban J connectivity index is 1.49. The molecule has 140 valence electrons. The van der Waals surface area contributed by atoms with Crippen LogP contribution in [0.1, 0.15) is 24.1 Å². The van der Waals surface area contributed by atoms with Crippen LogP contribution in [-0.4, -0.2) is 41.5 Å². The number of hydrogen-bond donors (Lipinski definition) is 0. The number of rotatable bonds is 4. The summed E-state index contributed by atoms with van der Waals surface area (Å²) in [7, 11) is 0. The number of hydrogen-bond acceptors (Lipinski definition) is 4. The first kappa shape index (κ1) is 17.7. The number of benzene rings is 2. The lowest BCUT2D eigenvalue weighted by Gasteiger charge is -2.24. The zero-order valence-corrected chi connectivity index (χ0v) is 15.5. The largest absolute Gasteiger partial charge is 0.446 e. The molecule has 5 nitrogen and oxygen atoms in total. The molecule has 2 saturated heterocycles. The highest BCUT2D eigenvalue weighted by Gasteiger charge is 2.45. The Labute approximate surface area is 159 Å². The molecular weight excluding hydrogens is 340 g/mol. The van der Waals surface area contributed by atoms with Gasteiger partial charge in [0, 0.05) is 19.6 Å². The minimum absolute atomic E-state index is 0.116. The fourth-order valence-corrected chi connectivity index (χ4v) is 4.12. The van der Waals surface area contributed by atoms with Crippen LogP contribution in [0.25, 0.3) is 0 Å². The van der Waals surface area contributed by atoms with Crippen LogP contribution >= 0.6 is 0 Å². The standard InChI is InChI=1S/C22H24N2O3/c1-16-12-23(13-17-8-4-2-5-9-17)14-19(16)21(25)24-20(15-27-22(24)26)18-10-6-3-7-11-18/h2-11,16,19-20H,12-15H2,1H3/t16-,19+,20+/m1/s1. The summed E-state index contributed by atoms with van der Waals surface area (Å²) in [5.41, 5.74) is 2.17. The number of carbonyl (C=O) groups is 2. The second-order valence-corrected chi connectivity index (χ2v) is 7.48. The summed E-state index contributed by atoms with van der Waals surface area (Å²) in [6.45, 7) is 4.65. The summed E-state index contributed by atoms with van der Waals surface area (Å²) in [6, 6.07) is 19.6. The summed E-state index contributed by atoms with van der Waals surface area (Å²) in [4.78, 5) is 29.2. The minimum Gasteiger partial charge on any atom is -0.446 e. The molecule has 0 aromatic heterocycles. The number of cyclic esters (lactones) is 1. The maximum absolute atomic E-state index is 13.2. The van der Waals surface area contributed by atoms with E-state index in [2.05, 4.69) is 24.0 Å². The maximum Gasteiger partial charge on any atom is 0.417 e. The SMILES string of the molecule is C[C@@H]1CN(Cc2ccccc2)C[C@@H]1C(=O)N1C(=O)OC[C@H]1c1ccccc1. The lowest BCUT2D eigenvalue weighted by Crippen LogP contribution is -2.41. The number of ether oxygens (including phenoxy) is 1. The first-order valence-corrected chi connectivity index (χ1v) is 9.44. The molecule has 0 aliphatic carbocycles. The van der Waals surface area contributed by atoms with Gasteiger partial charge in [-0.1, -0.05) is 67.6 Å². The lowest BCUT2D eigenvalue weighted by molar-refractivity contribution is -0.134. The molecule has 3 atom stereocenters. The zero-order valence-electron chi connectivity index (χ0n) is 15.5. The smallest absolute Gasteiger partial charge is 0.417 e. The Hall–Kier alpha value is -2.66. The predicted molar refractivity (Wildman–Crippen MR) is 102 cm³/mol. The van der Waals surface area contributed by atoms with E-state index in [9.17, 15) is 9.59 Å². The summed E-state index contributed by atoms with van der Waals surface area (Å²) < 4.78 is 5.22. The van der Waals surface area contributed by atoms with Gasteiger partial charge in [-0.2, -0.15) is 0 Å². The molecule has 2 fully saturated rings. The van der Waals surface area contributed by atoms with Gasteiger partial charge in [-0.3, -0.25) is 9.69 Å². The fourth-order valence-electron chi connectivity index (χ4n) is 4.12. The van der Waals surface area contributed by atoms with E-state index in [0.29, 0.717) is 6.54 Å². The molecule has 0 N–H and O–H groups in total. The van der Waals surface area contributed by atoms with Crippen molar-refractivity contribution in [3.8, 4) is 0 Å². The number of nitrogens with zero attached hydrogens (tertiary/aromatic N) is 2. The van der Waals surface area contributed by atoms with E-state index in [0.717, 1.165) is 18.7 Å². The van der Waals surface area contributed by atoms with Crippen LogP contribution in [0.5, 0.6) is 0 Å². The molecule has 0 spiro atoms. The van der Waals surface area contributed by atoms with Gasteiger partial charge in [-0.15, -0.1) is 0 Å². The van der Waals surface area contributed by atoms with E-state index >= 15 is 0 Å². The Morgan fingerprint density at radius 2 is 1.70 bits per heavy atom. The van der Waals surface area contributed by atoms with Crippen LogP contribution in [0.15, 0.2) is 60.7 Å². The highest BCUT2D eigenvalue weighted by molar-refractivity contribution is 5.95. The molecule has 4 rings (SSSR count). The molecule has 5 heteroatoms. The van der Waals surface area contributed by atoms with Crippen LogP contribution in [0.2, 0.25) is 0 Å². The van der Waals surface area contributed by atoms with E-state index in [1.807, 2.05) is 48.5 Å². The van der Waals surface area contributed by atoms with Crippen LogP contribution in [0.3, 0.4) is 0 Å². The average Bonchev–Trinajstić information content (AvgIpc) is 3.25. The summed E-state index contributed by atoms with van der Waals surface area (Å²) in [6.07, 6.45) is -0.525. The molecule has 2 aromatic carbocycles. The topological polar surface area (TPSA) is 49.9 Å². The van der Waals surface area contributed by atoms with E-state index in [1.54, 1.807) is 0 Å². The molecule has 2 aromatic rings. The van der Waals surface area contributed by atoms with Gasteiger partial charge in [0.15, 0.2) is 0 Å². The Kier molecular flexibility index (Phi) is 4.94. The number of amides is 2. The highest BCUT2D eigenvalue weighted by Crippen LogP contribution is 2.33. The normalized spacial score (nSPS) is 25.6. The van der Waals surface area contributed by atoms with E-state index in [-0.39, 0.29) is 30.4 Å². The third-order valence-corrected chi connectivity index (χ3v) is 5.55. The van der Waals surface area contributed by atoms with Crippen LogP contribution in [-0.2, 0) is 16.1 Å². The average molecular weight is 364 g/mol. The third-order valence-electron chi connectivity index (χ3n) is 5.55. The molecular formula is C22H24N2O3. The summed E-state index contributed by atoms with van der Waals surface area (Å²) in [5, 5.41) is 0. The number of imide groups is 1. The van der Waals surface area contributed by atoms with Crippen molar-refractivity contribution in [1.82, 2.24) is 9.80 Å². The molecule has 2 heterocycles. The maximum atomic E-state index is 13.2. The van der Waals surface area contributed by atoms with Crippen molar-refractivity contribution in [2.24, 2.45) is 11.8 Å². The van der Waals surface area contributed by atoms with Crippen molar-refractivity contribution < 1.29 is 14.3 Å². The second kappa shape index (κ2) is 7.53. The van der Waals surface area contributed by atoms with Gasteiger partial charge in [0.1, 0.15) is 12.6 Å². The van der Waals surface area contributed by atoms with Gasteiger partial charge < -0.3 is 4.74 Å². The first-order chi connectivity index (χ1) is 13.1. The molecule has 0 radical (unpaired) electrons. The molecule has 0 saturated carbocycles. The van der Waals surface area contributed by atoms with Gasteiger partial charge in [-0.05, 0) is 17.0 Å². The fraction of sp³-hybridized carbons (Fsp3) is 0.364. The van der Waals surface area contributed by atoms with Gasteiger partial charge >= 0.3 is 6.09 Å². The molecule has 2 aliphatic heterocycles. The summed E-state index contributed by atoms with van der Waals surface area (Å²) in [5.74, 6) is -0.106. The minimum atomic E-state index is -0.525. The quantitative estimate of drug-likeness (QED) is 0.833. The van der Waals surface area contributed by atoms with Crippen molar-refractivity contribution in [2.75, 3.05) is 19.7 Å². The molecule has 2 aliphatic rings. The van der Waals surface area contributed by atoms with E-state index in [4.69, 9.17) is 4.74 Å². The number of carbonyl (C=O) groups excluding carboxylic acids is 2. The van der Waals surface area contributed by atoms with Crippen molar-refractivity contribution in [3.63, 3.8) is 0 Å². The van der Waals surface area contributed by atoms with Crippen molar-refractivity contribution in [1.29, 1.82) is 0 Å².